The zero-order valence-corrected chi connectivity index (χ0v) is 13.0. The first-order valence-electron chi connectivity index (χ1n) is 6.27. The number of hydrogen-bond donors (Lipinski definition) is 2. The molecule has 0 spiro atoms. The molecular formula is C12H16FNO5S2. The fraction of sp³-hybridized carbons (Fsp3) is 0.500. The maximum Gasteiger partial charge on any atom is 0.241 e. The molecule has 1 aromatic carbocycles. The van der Waals surface area contributed by atoms with Crippen LogP contribution in [-0.2, 0) is 26.5 Å². The predicted molar refractivity (Wildman–Crippen MR) is 74.4 cm³/mol. The lowest BCUT2D eigenvalue weighted by Gasteiger charge is -2.14. The normalized spacial score (nSPS) is 21.6. The van der Waals surface area contributed by atoms with Gasteiger partial charge in [0, 0.05) is 11.6 Å². The number of halogens is 1. The summed E-state index contributed by atoms with van der Waals surface area (Å²) in [6.07, 6.45) is 0.197. The van der Waals surface area contributed by atoms with Gasteiger partial charge in [-0.15, -0.1) is 0 Å². The second-order valence-corrected chi connectivity index (χ2v) is 8.99. The highest BCUT2D eigenvalue weighted by Crippen LogP contribution is 2.22. The van der Waals surface area contributed by atoms with Crippen LogP contribution < -0.4 is 4.72 Å². The maximum absolute atomic E-state index is 13.7. The highest BCUT2D eigenvalue weighted by atomic mass is 32.2. The van der Waals surface area contributed by atoms with E-state index in [4.69, 9.17) is 5.11 Å². The zero-order chi connectivity index (χ0) is 15.8. The third kappa shape index (κ3) is 3.60. The topological polar surface area (TPSA) is 101 Å². The van der Waals surface area contributed by atoms with Crippen molar-refractivity contribution in [3.63, 3.8) is 0 Å². The molecule has 0 aromatic heterocycles. The Labute approximate surface area is 123 Å². The van der Waals surface area contributed by atoms with Crippen molar-refractivity contribution < 1.29 is 26.3 Å². The molecule has 9 heteroatoms. The van der Waals surface area contributed by atoms with Crippen LogP contribution in [0.25, 0.3) is 0 Å². The summed E-state index contributed by atoms with van der Waals surface area (Å²) in [6, 6.07) is 1.54. The van der Waals surface area contributed by atoms with E-state index < -0.39 is 38.3 Å². The molecule has 1 unspecified atom stereocenters. The minimum absolute atomic E-state index is 0.0653. The van der Waals surface area contributed by atoms with Gasteiger partial charge < -0.3 is 5.11 Å². The molecule has 0 amide bonds. The van der Waals surface area contributed by atoms with E-state index in [-0.39, 0.29) is 33.9 Å². The second kappa shape index (κ2) is 5.64. The minimum Gasteiger partial charge on any atom is -0.392 e. The molecule has 6 nitrogen and oxygen atoms in total. The van der Waals surface area contributed by atoms with Crippen LogP contribution in [0.15, 0.2) is 17.0 Å². The number of rotatable bonds is 4. The van der Waals surface area contributed by atoms with Crippen molar-refractivity contribution >= 4 is 19.9 Å². The van der Waals surface area contributed by atoms with Crippen molar-refractivity contribution in [1.82, 2.24) is 4.72 Å². The number of aliphatic hydroxyl groups excluding tert-OH is 1. The minimum atomic E-state index is -4.05. The molecule has 1 saturated heterocycles. The van der Waals surface area contributed by atoms with Crippen molar-refractivity contribution in [2.45, 2.75) is 30.9 Å². The van der Waals surface area contributed by atoms with Gasteiger partial charge in [-0.3, -0.25) is 0 Å². The molecule has 1 aliphatic rings. The third-order valence-electron chi connectivity index (χ3n) is 3.38. The highest BCUT2D eigenvalue weighted by Gasteiger charge is 2.32. The number of aliphatic hydroxyl groups is 1. The van der Waals surface area contributed by atoms with Crippen LogP contribution >= 0.6 is 0 Å². The molecular weight excluding hydrogens is 321 g/mol. The van der Waals surface area contributed by atoms with Crippen molar-refractivity contribution in [2.24, 2.45) is 0 Å². The number of sulfonamides is 1. The average Bonchev–Trinajstić information content (AvgIpc) is 2.70. The fourth-order valence-electron chi connectivity index (χ4n) is 2.25. The number of nitrogens with one attached hydrogen (secondary N) is 1. The first-order chi connectivity index (χ1) is 9.64. The molecule has 21 heavy (non-hydrogen) atoms. The summed E-state index contributed by atoms with van der Waals surface area (Å²) in [6.45, 7) is 0.827. The fourth-order valence-corrected chi connectivity index (χ4v) is 5.60. The van der Waals surface area contributed by atoms with E-state index in [1.54, 1.807) is 0 Å². The largest absolute Gasteiger partial charge is 0.392 e. The first-order valence-corrected chi connectivity index (χ1v) is 9.58. The van der Waals surface area contributed by atoms with Crippen molar-refractivity contribution in [3.8, 4) is 0 Å². The quantitative estimate of drug-likeness (QED) is 0.811. The molecule has 1 heterocycles. The van der Waals surface area contributed by atoms with Crippen LogP contribution in [-0.4, -0.2) is 39.5 Å². The van der Waals surface area contributed by atoms with Crippen LogP contribution in [0.4, 0.5) is 4.39 Å². The maximum atomic E-state index is 13.7. The van der Waals surface area contributed by atoms with E-state index in [9.17, 15) is 21.2 Å². The average molecular weight is 337 g/mol. The van der Waals surface area contributed by atoms with E-state index in [0.29, 0.717) is 0 Å². The summed E-state index contributed by atoms with van der Waals surface area (Å²) in [7, 11) is -7.27. The standard InChI is InChI=1S/C12H16FNO5S2/c1-8-11(13)4-9(6-15)5-12(8)21(18,19)14-10-2-3-20(16,17)7-10/h4-5,10,14-15H,2-3,6-7H2,1H3. The van der Waals surface area contributed by atoms with Crippen molar-refractivity contribution in [1.29, 1.82) is 0 Å². The van der Waals surface area contributed by atoms with Gasteiger partial charge in [0.25, 0.3) is 0 Å². The molecule has 2 N–H and O–H groups in total. The summed E-state index contributed by atoms with van der Waals surface area (Å²) in [4.78, 5) is -0.282. The summed E-state index contributed by atoms with van der Waals surface area (Å²) >= 11 is 0. The van der Waals surface area contributed by atoms with Gasteiger partial charge in [0.2, 0.25) is 10.0 Å². The summed E-state index contributed by atoms with van der Waals surface area (Å²) in [5, 5.41) is 9.03. The number of benzene rings is 1. The predicted octanol–water partition coefficient (Wildman–Crippen LogP) is 0.0918. The van der Waals surface area contributed by atoms with E-state index >= 15 is 0 Å². The Kier molecular flexibility index (Phi) is 4.39. The lowest BCUT2D eigenvalue weighted by atomic mass is 10.1. The van der Waals surface area contributed by atoms with Crippen LogP contribution in [0.2, 0.25) is 0 Å². The van der Waals surface area contributed by atoms with E-state index in [1.807, 2.05) is 0 Å². The second-order valence-electron chi connectivity index (χ2n) is 5.08. The van der Waals surface area contributed by atoms with Crippen molar-refractivity contribution in [2.75, 3.05) is 11.5 Å². The Bertz CT molecular complexity index is 758. The summed E-state index contributed by atoms with van der Waals surface area (Å²) < 4.78 is 63.3. The van der Waals surface area contributed by atoms with Crippen molar-refractivity contribution in [3.05, 3.63) is 29.1 Å². The van der Waals surface area contributed by atoms with Gasteiger partial charge in [0.05, 0.1) is 23.0 Å². The zero-order valence-electron chi connectivity index (χ0n) is 11.3. The highest BCUT2D eigenvalue weighted by molar-refractivity contribution is 7.92. The van der Waals surface area contributed by atoms with Crippen LogP contribution in [0.3, 0.4) is 0 Å². The summed E-state index contributed by atoms with van der Waals surface area (Å²) in [5.74, 6) is -1.06. The van der Waals surface area contributed by atoms with Gasteiger partial charge in [-0.1, -0.05) is 0 Å². The van der Waals surface area contributed by atoms with Gasteiger partial charge in [-0.25, -0.2) is 25.9 Å². The van der Waals surface area contributed by atoms with Gasteiger partial charge in [0.15, 0.2) is 9.84 Å². The lowest BCUT2D eigenvalue weighted by Crippen LogP contribution is -2.36. The number of sulfone groups is 1. The summed E-state index contributed by atoms with van der Waals surface area (Å²) in [5.41, 5.74) is 0.0677. The SMILES string of the molecule is Cc1c(F)cc(CO)cc1S(=O)(=O)NC1CCS(=O)(=O)C1. The van der Waals surface area contributed by atoms with Gasteiger partial charge in [-0.05, 0) is 31.0 Å². The Hall–Kier alpha value is -1.03. The van der Waals surface area contributed by atoms with E-state index in [2.05, 4.69) is 4.72 Å². The smallest absolute Gasteiger partial charge is 0.241 e. The molecule has 0 radical (unpaired) electrons. The lowest BCUT2D eigenvalue weighted by molar-refractivity contribution is 0.281. The van der Waals surface area contributed by atoms with Gasteiger partial charge >= 0.3 is 0 Å². The molecule has 1 fully saturated rings. The van der Waals surface area contributed by atoms with Crippen LogP contribution in [0.1, 0.15) is 17.5 Å². The van der Waals surface area contributed by atoms with Gasteiger partial charge in [-0.2, -0.15) is 0 Å². The Morgan fingerprint density at radius 3 is 2.62 bits per heavy atom. The Balaban J connectivity index is 2.34. The molecule has 1 aromatic rings. The Morgan fingerprint density at radius 2 is 2.10 bits per heavy atom. The molecule has 0 bridgehead atoms. The number of hydrogen-bond acceptors (Lipinski definition) is 5. The van der Waals surface area contributed by atoms with E-state index in [1.165, 1.54) is 13.0 Å². The van der Waals surface area contributed by atoms with E-state index in [0.717, 1.165) is 6.07 Å². The van der Waals surface area contributed by atoms with Gasteiger partial charge in [0.1, 0.15) is 5.82 Å². The molecule has 1 aliphatic heterocycles. The van der Waals surface area contributed by atoms with Crippen LogP contribution in [0.5, 0.6) is 0 Å². The van der Waals surface area contributed by atoms with Crippen LogP contribution in [0, 0.1) is 12.7 Å². The molecule has 0 aliphatic carbocycles. The monoisotopic (exact) mass is 337 g/mol. The molecule has 2 rings (SSSR count). The third-order valence-corrected chi connectivity index (χ3v) is 6.80. The first kappa shape index (κ1) is 16.3. The Morgan fingerprint density at radius 1 is 1.43 bits per heavy atom. The molecule has 1 atom stereocenters. The molecule has 118 valence electrons. The molecule has 0 saturated carbocycles.